The number of aliphatic carboxylic acids is 1. The molecule has 0 bridgehead atoms. The summed E-state index contributed by atoms with van der Waals surface area (Å²) >= 11 is 0. The number of carbonyl (C=O) groups excluding carboxylic acids is 2. The lowest BCUT2D eigenvalue weighted by Crippen LogP contribution is -2.55. The number of hydrogen-bond donors (Lipinski definition) is 3. The van der Waals surface area contributed by atoms with Gasteiger partial charge in [0.05, 0.1) is 0 Å². The highest BCUT2D eigenvalue weighted by Gasteiger charge is 2.34. The maximum absolute atomic E-state index is 12.7. The van der Waals surface area contributed by atoms with Crippen LogP contribution in [-0.2, 0) is 20.9 Å². The van der Waals surface area contributed by atoms with E-state index in [1.807, 2.05) is 30.3 Å². The number of rotatable bonds is 8. The summed E-state index contributed by atoms with van der Waals surface area (Å²) in [6, 6.07) is 7.43. The molecule has 0 spiro atoms. The Labute approximate surface area is 165 Å². The van der Waals surface area contributed by atoms with Crippen LogP contribution in [0.25, 0.3) is 0 Å². The van der Waals surface area contributed by atoms with Crippen molar-refractivity contribution >= 4 is 18.0 Å². The summed E-state index contributed by atoms with van der Waals surface area (Å²) in [5.74, 6) is -1.82. The standard InChI is InChI=1S/C21H30N2O5/c1-14(2)17(23-21(27)28-13-15-9-5-3-6-10-15)19(24)22-18(20(25)26)16-11-7-4-8-12-16/h3,5-6,9-10,14,16-18H,4,7-8,11-13H2,1-2H3,(H,22,24)(H,23,27)(H,25,26)/t17-,18+/m0/s1. The van der Waals surface area contributed by atoms with Gasteiger partial charge < -0.3 is 20.5 Å². The molecule has 0 aromatic heterocycles. The third-order valence-corrected chi connectivity index (χ3v) is 5.12. The van der Waals surface area contributed by atoms with Gasteiger partial charge in [-0.15, -0.1) is 0 Å². The number of amides is 2. The fourth-order valence-electron chi connectivity index (χ4n) is 3.52. The smallest absolute Gasteiger partial charge is 0.408 e. The van der Waals surface area contributed by atoms with Crippen molar-refractivity contribution in [3.8, 4) is 0 Å². The van der Waals surface area contributed by atoms with E-state index in [0.717, 1.165) is 37.7 Å². The summed E-state index contributed by atoms with van der Waals surface area (Å²) in [6.07, 6.45) is 3.92. The zero-order valence-corrected chi connectivity index (χ0v) is 16.5. The maximum Gasteiger partial charge on any atom is 0.408 e. The predicted octanol–water partition coefficient (Wildman–Crippen LogP) is 3.09. The van der Waals surface area contributed by atoms with Gasteiger partial charge in [-0.3, -0.25) is 4.79 Å². The Kier molecular flexibility index (Phi) is 8.29. The highest BCUT2D eigenvalue weighted by atomic mass is 16.5. The van der Waals surface area contributed by atoms with Crippen LogP contribution in [0.2, 0.25) is 0 Å². The van der Waals surface area contributed by atoms with Crippen molar-refractivity contribution in [2.24, 2.45) is 11.8 Å². The van der Waals surface area contributed by atoms with E-state index in [2.05, 4.69) is 10.6 Å². The monoisotopic (exact) mass is 390 g/mol. The summed E-state index contributed by atoms with van der Waals surface area (Å²) in [7, 11) is 0. The number of alkyl carbamates (subject to hydrolysis) is 1. The minimum atomic E-state index is -1.03. The molecular weight excluding hydrogens is 360 g/mol. The predicted molar refractivity (Wildman–Crippen MR) is 105 cm³/mol. The number of hydrogen-bond acceptors (Lipinski definition) is 4. The van der Waals surface area contributed by atoms with Crippen molar-refractivity contribution in [3.63, 3.8) is 0 Å². The Bertz CT molecular complexity index is 656. The van der Waals surface area contributed by atoms with Crippen molar-refractivity contribution in [2.75, 3.05) is 0 Å². The molecule has 0 unspecified atom stereocenters. The van der Waals surface area contributed by atoms with E-state index in [4.69, 9.17) is 4.74 Å². The van der Waals surface area contributed by atoms with Crippen LogP contribution >= 0.6 is 0 Å². The molecule has 7 heteroatoms. The van der Waals surface area contributed by atoms with E-state index < -0.39 is 30.1 Å². The van der Waals surface area contributed by atoms with E-state index in [1.54, 1.807) is 13.8 Å². The SMILES string of the molecule is CC(C)[C@H](NC(=O)OCc1ccccc1)C(=O)N[C@@H](C(=O)O)C1CCCCC1. The normalized spacial score (nSPS) is 16.8. The summed E-state index contributed by atoms with van der Waals surface area (Å²) < 4.78 is 5.18. The summed E-state index contributed by atoms with van der Waals surface area (Å²) in [4.78, 5) is 36.5. The Morgan fingerprint density at radius 1 is 1.07 bits per heavy atom. The quantitative estimate of drug-likeness (QED) is 0.633. The van der Waals surface area contributed by atoms with E-state index in [9.17, 15) is 19.5 Å². The molecule has 28 heavy (non-hydrogen) atoms. The molecule has 0 saturated heterocycles. The van der Waals surface area contributed by atoms with Crippen LogP contribution in [0.1, 0.15) is 51.5 Å². The van der Waals surface area contributed by atoms with Gasteiger partial charge in [-0.2, -0.15) is 0 Å². The van der Waals surface area contributed by atoms with Crippen molar-refractivity contribution in [2.45, 2.75) is 64.6 Å². The summed E-state index contributed by atoms with van der Waals surface area (Å²) in [5, 5.41) is 14.8. The number of ether oxygens (including phenoxy) is 1. The van der Waals surface area contributed by atoms with Crippen molar-refractivity contribution in [1.82, 2.24) is 10.6 Å². The molecule has 0 radical (unpaired) electrons. The zero-order valence-electron chi connectivity index (χ0n) is 16.5. The molecule has 2 atom stereocenters. The molecule has 2 amide bonds. The van der Waals surface area contributed by atoms with Gasteiger partial charge in [-0.1, -0.05) is 63.4 Å². The number of carboxylic acid groups (broad SMARTS) is 1. The van der Waals surface area contributed by atoms with E-state index >= 15 is 0 Å². The first-order valence-electron chi connectivity index (χ1n) is 9.89. The topological polar surface area (TPSA) is 105 Å². The minimum absolute atomic E-state index is 0.0759. The Balaban J connectivity index is 1.94. The van der Waals surface area contributed by atoms with Crippen LogP contribution in [-0.4, -0.2) is 35.2 Å². The second-order valence-electron chi connectivity index (χ2n) is 7.65. The molecule has 1 aliphatic rings. The number of carbonyl (C=O) groups is 3. The second kappa shape index (κ2) is 10.7. The van der Waals surface area contributed by atoms with Gasteiger partial charge in [0.25, 0.3) is 0 Å². The Morgan fingerprint density at radius 3 is 2.29 bits per heavy atom. The maximum atomic E-state index is 12.7. The van der Waals surface area contributed by atoms with Crippen LogP contribution < -0.4 is 10.6 Å². The number of carboxylic acids is 1. The Hall–Kier alpha value is -2.57. The van der Waals surface area contributed by atoms with Crippen LogP contribution in [0.4, 0.5) is 4.79 Å². The molecule has 154 valence electrons. The third kappa shape index (κ3) is 6.55. The fourth-order valence-corrected chi connectivity index (χ4v) is 3.52. The van der Waals surface area contributed by atoms with Crippen LogP contribution in [0.5, 0.6) is 0 Å². The number of nitrogens with one attached hydrogen (secondary N) is 2. The molecule has 1 saturated carbocycles. The van der Waals surface area contributed by atoms with E-state index in [-0.39, 0.29) is 18.4 Å². The molecule has 2 rings (SSSR count). The lowest BCUT2D eigenvalue weighted by Gasteiger charge is -2.30. The molecule has 1 aromatic carbocycles. The molecule has 0 heterocycles. The Morgan fingerprint density at radius 2 is 1.71 bits per heavy atom. The van der Waals surface area contributed by atoms with Gasteiger partial charge in [0.2, 0.25) is 5.91 Å². The molecule has 7 nitrogen and oxygen atoms in total. The van der Waals surface area contributed by atoms with Gasteiger partial charge in [-0.25, -0.2) is 9.59 Å². The molecule has 1 aliphatic carbocycles. The van der Waals surface area contributed by atoms with Gasteiger partial charge in [0, 0.05) is 0 Å². The van der Waals surface area contributed by atoms with E-state index in [0.29, 0.717) is 0 Å². The highest BCUT2D eigenvalue weighted by molar-refractivity contribution is 5.89. The van der Waals surface area contributed by atoms with Gasteiger partial charge in [0.15, 0.2) is 0 Å². The average molecular weight is 390 g/mol. The summed E-state index contributed by atoms with van der Waals surface area (Å²) in [6.45, 7) is 3.68. The summed E-state index contributed by atoms with van der Waals surface area (Å²) in [5.41, 5.74) is 0.839. The molecule has 1 aromatic rings. The lowest BCUT2D eigenvalue weighted by atomic mass is 9.83. The first kappa shape index (κ1) is 21.7. The average Bonchev–Trinajstić information content (AvgIpc) is 2.69. The molecule has 0 aliphatic heterocycles. The van der Waals surface area contributed by atoms with Gasteiger partial charge in [-0.05, 0) is 30.2 Å². The first-order valence-corrected chi connectivity index (χ1v) is 9.89. The molecule has 1 fully saturated rings. The lowest BCUT2D eigenvalue weighted by molar-refractivity contribution is -0.144. The third-order valence-electron chi connectivity index (χ3n) is 5.12. The molecular formula is C21H30N2O5. The number of benzene rings is 1. The minimum Gasteiger partial charge on any atom is -0.480 e. The van der Waals surface area contributed by atoms with E-state index in [1.165, 1.54) is 0 Å². The van der Waals surface area contributed by atoms with Crippen LogP contribution in [0.15, 0.2) is 30.3 Å². The molecule has 3 N–H and O–H groups in total. The van der Waals surface area contributed by atoms with Gasteiger partial charge in [0.1, 0.15) is 18.7 Å². The van der Waals surface area contributed by atoms with Crippen molar-refractivity contribution < 1.29 is 24.2 Å². The first-order chi connectivity index (χ1) is 13.4. The second-order valence-corrected chi connectivity index (χ2v) is 7.65. The van der Waals surface area contributed by atoms with Crippen LogP contribution in [0, 0.1) is 11.8 Å². The van der Waals surface area contributed by atoms with Gasteiger partial charge >= 0.3 is 12.1 Å². The zero-order chi connectivity index (χ0) is 20.5. The largest absolute Gasteiger partial charge is 0.480 e. The van der Waals surface area contributed by atoms with Crippen molar-refractivity contribution in [3.05, 3.63) is 35.9 Å². The fraction of sp³-hybridized carbons (Fsp3) is 0.571. The van der Waals surface area contributed by atoms with Crippen LogP contribution in [0.3, 0.4) is 0 Å². The van der Waals surface area contributed by atoms with Crippen molar-refractivity contribution in [1.29, 1.82) is 0 Å². The highest BCUT2D eigenvalue weighted by Crippen LogP contribution is 2.26.